The maximum absolute atomic E-state index is 3.75. The van der Waals surface area contributed by atoms with Crippen molar-refractivity contribution in [2.75, 3.05) is 18.4 Å². The lowest BCUT2D eigenvalue weighted by Gasteiger charge is -2.32. The molecule has 0 aromatic heterocycles. The zero-order valence-electron chi connectivity index (χ0n) is 13.6. The van der Waals surface area contributed by atoms with Gasteiger partial charge in [0.15, 0.2) is 0 Å². The molecule has 2 heteroatoms. The lowest BCUT2D eigenvalue weighted by atomic mass is 9.80. The Bertz CT molecular complexity index is 423. The van der Waals surface area contributed by atoms with E-state index in [2.05, 4.69) is 48.3 Å². The number of nitrogens with zero attached hydrogens (tertiary/aromatic N) is 1. The first-order valence-corrected chi connectivity index (χ1v) is 8.77. The third kappa shape index (κ3) is 4.23. The third-order valence-corrected chi connectivity index (χ3v) is 5.11. The van der Waals surface area contributed by atoms with Gasteiger partial charge in [-0.2, -0.15) is 0 Å². The summed E-state index contributed by atoms with van der Waals surface area (Å²) in [6, 6.07) is 9.81. The molecule has 0 amide bonds. The summed E-state index contributed by atoms with van der Waals surface area (Å²) in [6.07, 6.45) is 6.78. The first kappa shape index (κ1) is 14.9. The first-order valence-electron chi connectivity index (χ1n) is 8.77. The molecule has 1 aromatic carbocycles. The molecular weight excluding hydrogens is 256 g/mol. The van der Waals surface area contributed by atoms with Gasteiger partial charge in [-0.05, 0) is 74.7 Å². The summed E-state index contributed by atoms with van der Waals surface area (Å²) >= 11 is 0. The van der Waals surface area contributed by atoms with Crippen molar-refractivity contribution in [3.63, 3.8) is 0 Å². The molecule has 0 radical (unpaired) electrons. The second kappa shape index (κ2) is 6.83. The first-order chi connectivity index (χ1) is 10.2. The van der Waals surface area contributed by atoms with Crippen molar-refractivity contribution in [1.29, 1.82) is 0 Å². The summed E-state index contributed by atoms with van der Waals surface area (Å²) in [5.74, 6) is 1.72. The maximum Gasteiger partial charge on any atom is 0.0342 e. The SMILES string of the molecule is CC1CC(C)CC(Nc2ccc(CN3CCCC3)cc2)C1. The summed E-state index contributed by atoms with van der Waals surface area (Å²) in [6.45, 7) is 8.46. The van der Waals surface area contributed by atoms with E-state index >= 15 is 0 Å². The highest BCUT2D eigenvalue weighted by atomic mass is 15.1. The molecule has 2 fully saturated rings. The van der Waals surface area contributed by atoms with E-state index in [1.807, 2.05) is 0 Å². The second-order valence-electron chi connectivity index (χ2n) is 7.44. The van der Waals surface area contributed by atoms with Crippen molar-refractivity contribution in [3.8, 4) is 0 Å². The van der Waals surface area contributed by atoms with Crippen LogP contribution in [0.25, 0.3) is 0 Å². The van der Waals surface area contributed by atoms with Gasteiger partial charge in [-0.15, -0.1) is 0 Å². The average Bonchev–Trinajstić information content (AvgIpc) is 2.93. The Labute approximate surface area is 129 Å². The van der Waals surface area contributed by atoms with E-state index in [0.29, 0.717) is 6.04 Å². The molecule has 1 heterocycles. The fourth-order valence-corrected chi connectivity index (χ4v) is 4.21. The summed E-state index contributed by atoms with van der Waals surface area (Å²) in [7, 11) is 0. The van der Waals surface area contributed by atoms with E-state index in [9.17, 15) is 0 Å². The van der Waals surface area contributed by atoms with Crippen LogP contribution in [0, 0.1) is 11.8 Å². The van der Waals surface area contributed by atoms with Gasteiger partial charge in [0, 0.05) is 18.3 Å². The molecule has 2 aliphatic rings. The predicted molar refractivity (Wildman–Crippen MR) is 90.5 cm³/mol. The summed E-state index contributed by atoms with van der Waals surface area (Å²) in [4.78, 5) is 2.56. The Kier molecular flexibility index (Phi) is 4.84. The minimum atomic E-state index is 0.660. The lowest BCUT2D eigenvalue weighted by molar-refractivity contribution is 0.281. The highest BCUT2D eigenvalue weighted by molar-refractivity contribution is 5.45. The molecular formula is C19H30N2. The van der Waals surface area contributed by atoms with Crippen molar-refractivity contribution < 1.29 is 0 Å². The Morgan fingerprint density at radius 3 is 2.19 bits per heavy atom. The van der Waals surface area contributed by atoms with Gasteiger partial charge in [0.1, 0.15) is 0 Å². The Morgan fingerprint density at radius 1 is 0.952 bits per heavy atom. The van der Waals surface area contributed by atoms with Gasteiger partial charge in [-0.1, -0.05) is 26.0 Å². The molecule has 2 atom stereocenters. The van der Waals surface area contributed by atoms with Crippen LogP contribution in [-0.2, 0) is 6.54 Å². The molecule has 1 aliphatic carbocycles. The van der Waals surface area contributed by atoms with Gasteiger partial charge in [0.25, 0.3) is 0 Å². The molecule has 1 saturated heterocycles. The molecule has 1 aliphatic heterocycles. The quantitative estimate of drug-likeness (QED) is 0.875. The number of rotatable bonds is 4. The molecule has 1 N–H and O–H groups in total. The van der Waals surface area contributed by atoms with Gasteiger partial charge in [-0.25, -0.2) is 0 Å². The van der Waals surface area contributed by atoms with Gasteiger partial charge < -0.3 is 5.32 Å². The van der Waals surface area contributed by atoms with E-state index in [-0.39, 0.29) is 0 Å². The Morgan fingerprint density at radius 2 is 1.57 bits per heavy atom. The standard InChI is InChI=1S/C19H30N2/c1-15-11-16(2)13-19(12-15)20-18-7-5-17(6-8-18)14-21-9-3-4-10-21/h5-8,15-16,19-20H,3-4,9-14H2,1-2H3. The van der Waals surface area contributed by atoms with E-state index in [1.54, 1.807) is 0 Å². The lowest BCUT2D eigenvalue weighted by Crippen LogP contribution is -2.30. The van der Waals surface area contributed by atoms with Gasteiger partial charge in [0.05, 0.1) is 0 Å². The largest absolute Gasteiger partial charge is 0.382 e. The Balaban J connectivity index is 1.54. The zero-order chi connectivity index (χ0) is 14.7. The predicted octanol–water partition coefficient (Wildman–Crippen LogP) is 4.52. The van der Waals surface area contributed by atoms with Crippen molar-refractivity contribution in [2.24, 2.45) is 11.8 Å². The molecule has 1 aromatic rings. The van der Waals surface area contributed by atoms with Crippen LogP contribution in [0.5, 0.6) is 0 Å². The van der Waals surface area contributed by atoms with Crippen molar-refractivity contribution in [3.05, 3.63) is 29.8 Å². The van der Waals surface area contributed by atoms with Crippen LogP contribution >= 0.6 is 0 Å². The number of nitrogens with one attached hydrogen (secondary N) is 1. The third-order valence-electron chi connectivity index (χ3n) is 5.11. The highest BCUT2D eigenvalue weighted by Gasteiger charge is 2.23. The van der Waals surface area contributed by atoms with Crippen molar-refractivity contribution >= 4 is 5.69 Å². The minimum Gasteiger partial charge on any atom is -0.382 e. The van der Waals surface area contributed by atoms with Gasteiger partial charge >= 0.3 is 0 Å². The molecule has 2 nitrogen and oxygen atoms in total. The molecule has 3 rings (SSSR count). The highest BCUT2D eigenvalue weighted by Crippen LogP contribution is 2.30. The van der Waals surface area contributed by atoms with E-state index < -0.39 is 0 Å². The Hall–Kier alpha value is -1.02. The van der Waals surface area contributed by atoms with Crippen LogP contribution < -0.4 is 5.32 Å². The number of benzene rings is 1. The molecule has 1 saturated carbocycles. The van der Waals surface area contributed by atoms with Crippen molar-refractivity contribution in [1.82, 2.24) is 4.90 Å². The minimum absolute atomic E-state index is 0.660. The maximum atomic E-state index is 3.75. The normalized spacial score (nSPS) is 30.5. The van der Waals surface area contributed by atoms with Crippen LogP contribution in [-0.4, -0.2) is 24.0 Å². The fourth-order valence-electron chi connectivity index (χ4n) is 4.21. The number of hydrogen-bond donors (Lipinski definition) is 1. The topological polar surface area (TPSA) is 15.3 Å². The van der Waals surface area contributed by atoms with E-state index in [0.717, 1.165) is 18.4 Å². The molecule has 21 heavy (non-hydrogen) atoms. The van der Waals surface area contributed by atoms with Gasteiger partial charge in [-0.3, -0.25) is 4.90 Å². The average molecular weight is 286 g/mol. The van der Waals surface area contributed by atoms with Crippen LogP contribution in [0.2, 0.25) is 0 Å². The monoisotopic (exact) mass is 286 g/mol. The molecule has 0 bridgehead atoms. The smallest absolute Gasteiger partial charge is 0.0342 e. The zero-order valence-corrected chi connectivity index (χ0v) is 13.6. The second-order valence-corrected chi connectivity index (χ2v) is 7.44. The summed E-state index contributed by atoms with van der Waals surface area (Å²) in [5, 5.41) is 3.75. The summed E-state index contributed by atoms with van der Waals surface area (Å²) in [5.41, 5.74) is 2.75. The number of anilines is 1. The van der Waals surface area contributed by atoms with Crippen LogP contribution in [0.4, 0.5) is 5.69 Å². The molecule has 0 spiro atoms. The molecule has 116 valence electrons. The number of likely N-dealkylation sites (tertiary alicyclic amines) is 1. The van der Waals surface area contributed by atoms with Crippen LogP contribution in [0.15, 0.2) is 24.3 Å². The van der Waals surface area contributed by atoms with Crippen LogP contribution in [0.1, 0.15) is 51.5 Å². The molecule has 2 unspecified atom stereocenters. The van der Waals surface area contributed by atoms with Crippen LogP contribution in [0.3, 0.4) is 0 Å². The number of hydrogen-bond acceptors (Lipinski definition) is 2. The van der Waals surface area contributed by atoms with Gasteiger partial charge in [0.2, 0.25) is 0 Å². The van der Waals surface area contributed by atoms with E-state index in [4.69, 9.17) is 0 Å². The van der Waals surface area contributed by atoms with E-state index in [1.165, 1.54) is 56.4 Å². The van der Waals surface area contributed by atoms with Crippen molar-refractivity contribution in [2.45, 2.75) is 58.5 Å². The summed E-state index contributed by atoms with van der Waals surface area (Å²) < 4.78 is 0. The fraction of sp³-hybridized carbons (Fsp3) is 0.684.